The topological polar surface area (TPSA) is 26.3 Å². The number of hydrogen-bond donors (Lipinski definition) is 0. The molecule has 0 aliphatic heterocycles. The largest absolute Gasteiger partial charge is 0.458 e. The molecule has 0 aliphatic rings. The summed E-state index contributed by atoms with van der Waals surface area (Å²) in [5.74, 6) is -0.244. The van der Waals surface area contributed by atoms with Crippen molar-refractivity contribution in [3.8, 4) is 0 Å². The normalized spacial score (nSPS) is 12.2. The molecular weight excluding hydrogens is 279 g/mol. The first-order chi connectivity index (χ1) is 6.09. The van der Waals surface area contributed by atoms with E-state index >= 15 is 0 Å². The molecule has 1 atom stereocenters. The highest BCUT2D eigenvalue weighted by atomic mass is 127. The van der Waals surface area contributed by atoms with Crippen molar-refractivity contribution in [1.82, 2.24) is 0 Å². The van der Waals surface area contributed by atoms with Gasteiger partial charge in [0.05, 0.1) is 0 Å². The second-order valence-electron chi connectivity index (χ2n) is 2.80. The number of esters is 1. The monoisotopic (exact) mass is 290 g/mol. The molecule has 0 saturated carbocycles. The van der Waals surface area contributed by atoms with Gasteiger partial charge in [0.25, 0.3) is 0 Å². The van der Waals surface area contributed by atoms with Crippen LogP contribution in [0.2, 0.25) is 0 Å². The van der Waals surface area contributed by atoms with Gasteiger partial charge in [-0.3, -0.25) is 4.79 Å². The molecule has 13 heavy (non-hydrogen) atoms. The minimum Gasteiger partial charge on any atom is -0.458 e. The summed E-state index contributed by atoms with van der Waals surface area (Å²) in [5.41, 5.74) is 1.02. The Morgan fingerprint density at radius 2 is 1.92 bits per heavy atom. The van der Waals surface area contributed by atoms with E-state index in [0.29, 0.717) is 0 Å². The van der Waals surface area contributed by atoms with Crippen molar-refractivity contribution in [2.24, 2.45) is 0 Å². The third-order valence-electron chi connectivity index (χ3n) is 1.68. The average molecular weight is 290 g/mol. The minimum absolute atomic E-state index is 0.158. The van der Waals surface area contributed by atoms with Gasteiger partial charge in [-0.2, -0.15) is 0 Å². The molecule has 0 saturated heterocycles. The van der Waals surface area contributed by atoms with E-state index in [1.807, 2.05) is 31.2 Å². The van der Waals surface area contributed by atoms with Gasteiger partial charge < -0.3 is 4.74 Å². The van der Waals surface area contributed by atoms with Gasteiger partial charge in [-0.05, 0) is 47.2 Å². The molecule has 0 spiro atoms. The molecule has 70 valence electrons. The van der Waals surface area contributed by atoms with E-state index in [9.17, 15) is 4.79 Å². The fourth-order valence-electron chi connectivity index (χ4n) is 1.05. The van der Waals surface area contributed by atoms with Crippen molar-refractivity contribution in [2.75, 3.05) is 0 Å². The molecule has 3 heteroatoms. The molecule has 0 amide bonds. The Kier molecular flexibility index (Phi) is 3.71. The third kappa shape index (κ3) is 3.34. The molecule has 0 aromatic heterocycles. The van der Waals surface area contributed by atoms with E-state index in [4.69, 9.17) is 4.74 Å². The van der Waals surface area contributed by atoms with E-state index in [2.05, 4.69) is 22.6 Å². The van der Waals surface area contributed by atoms with Crippen LogP contribution in [0, 0.1) is 3.57 Å². The zero-order valence-corrected chi connectivity index (χ0v) is 9.74. The fourth-order valence-corrected chi connectivity index (χ4v) is 1.41. The van der Waals surface area contributed by atoms with Gasteiger partial charge in [0.1, 0.15) is 6.10 Å². The number of ether oxygens (including phenoxy) is 1. The Morgan fingerprint density at radius 3 is 2.38 bits per heavy atom. The first-order valence-electron chi connectivity index (χ1n) is 4.02. The van der Waals surface area contributed by atoms with Gasteiger partial charge >= 0.3 is 5.97 Å². The van der Waals surface area contributed by atoms with Gasteiger partial charge in [0.2, 0.25) is 0 Å². The molecule has 1 aromatic carbocycles. The van der Waals surface area contributed by atoms with Crippen molar-refractivity contribution in [2.45, 2.75) is 20.0 Å². The summed E-state index contributed by atoms with van der Waals surface area (Å²) in [5, 5.41) is 0. The van der Waals surface area contributed by atoms with Crippen LogP contribution in [0.25, 0.3) is 0 Å². The predicted molar refractivity (Wildman–Crippen MR) is 59.3 cm³/mol. The quantitative estimate of drug-likeness (QED) is 0.618. The molecular formula is C10H11IO2. The highest BCUT2D eigenvalue weighted by Crippen LogP contribution is 2.17. The number of carbonyl (C=O) groups is 1. The lowest BCUT2D eigenvalue weighted by atomic mass is 10.1. The molecule has 1 aromatic rings. The first-order valence-corrected chi connectivity index (χ1v) is 5.10. The van der Waals surface area contributed by atoms with Crippen LogP contribution in [0.15, 0.2) is 24.3 Å². The average Bonchev–Trinajstić information content (AvgIpc) is 2.04. The third-order valence-corrected chi connectivity index (χ3v) is 2.40. The van der Waals surface area contributed by atoms with E-state index in [1.54, 1.807) is 0 Å². The maximum Gasteiger partial charge on any atom is 0.303 e. The summed E-state index contributed by atoms with van der Waals surface area (Å²) in [7, 11) is 0. The van der Waals surface area contributed by atoms with E-state index < -0.39 is 0 Å². The molecule has 0 radical (unpaired) electrons. The maximum absolute atomic E-state index is 10.7. The Balaban J connectivity index is 2.71. The van der Waals surface area contributed by atoms with Gasteiger partial charge in [-0.15, -0.1) is 0 Å². The molecule has 0 heterocycles. The SMILES string of the molecule is CC(=O)O[C@H](C)c1ccc(I)cc1. The predicted octanol–water partition coefficient (Wildman–Crippen LogP) is 2.92. The molecule has 0 unspecified atom stereocenters. The fraction of sp³-hybridized carbons (Fsp3) is 0.300. The van der Waals surface area contributed by atoms with Crippen LogP contribution < -0.4 is 0 Å². The van der Waals surface area contributed by atoms with Gasteiger partial charge in [-0.25, -0.2) is 0 Å². The van der Waals surface area contributed by atoms with Crippen LogP contribution in [0.1, 0.15) is 25.5 Å². The molecule has 2 nitrogen and oxygen atoms in total. The van der Waals surface area contributed by atoms with Crippen molar-refractivity contribution < 1.29 is 9.53 Å². The second kappa shape index (κ2) is 4.60. The molecule has 0 aliphatic carbocycles. The summed E-state index contributed by atoms with van der Waals surface area (Å²) in [6.07, 6.45) is -0.158. The Labute approximate surface area is 91.4 Å². The van der Waals surface area contributed by atoms with Crippen LogP contribution >= 0.6 is 22.6 Å². The van der Waals surface area contributed by atoms with Gasteiger partial charge in [-0.1, -0.05) is 12.1 Å². The van der Waals surface area contributed by atoms with E-state index in [-0.39, 0.29) is 12.1 Å². The first kappa shape index (κ1) is 10.5. The maximum atomic E-state index is 10.7. The summed E-state index contributed by atoms with van der Waals surface area (Å²) in [4.78, 5) is 10.7. The summed E-state index contributed by atoms with van der Waals surface area (Å²) >= 11 is 2.24. The number of carbonyl (C=O) groups excluding carboxylic acids is 1. The minimum atomic E-state index is -0.244. The van der Waals surface area contributed by atoms with Crippen molar-refractivity contribution in [1.29, 1.82) is 0 Å². The zero-order valence-electron chi connectivity index (χ0n) is 7.58. The van der Waals surface area contributed by atoms with Crippen LogP contribution in [-0.2, 0) is 9.53 Å². The molecule has 0 N–H and O–H groups in total. The van der Waals surface area contributed by atoms with Crippen molar-refractivity contribution in [3.05, 3.63) is 33.4 Å². The van der Waals surface area contributed by atoms with Crippen molar-refractivity contribution >= 4 is 28.6 Å². The summed E-state index contributed by atoms with van der Waals surface area (Å²) in [6.45, 7) is 3.28. The van der Waals surface area contributed by atoms with E-state index in [0.717, 1.165) is 5.56 Å². The lowest BCUT2D eigenvalue weighted by Gasteiger charge is -2.11. The van der Waals surface area contributed by atoms with Crippen LogP contribution in [0.3, 0.4) is 0 Å². The summed E-state index contributed by atoms with van der Waals surface area (Å²) in [6, 6.07) is 7.93. The number of halogens is 1. The number of hydrogen-bond acceptors (Lipinski definition) is 2. The lowest BCUT2D eigenvalue weighted by molar-refractivity contribution is -0.145. The number of benzene rings is 1. The smallest absolute Gasteiger partial charge is 0.303 e. The molecule has 0 bridgehead atoms. The lowest BCUT2D eigenvalue weighted by Crippen LogP contribution is -2.04. The van der Waals surface area contributed by atoms with Crippen LogP contribution in [-0.4, -0.2) is 5.97 Å². The van der Waals surface area contributed by atoms with Gasteiger partial charge in [0, 0.05) is 10.5 Å². The second-order valence-corrected chi connectivity index (χ2v) is 4.05. The van der Waals surface area contributed by atoms with Gasteiger partial charge in [0.15, 0.2) is 0 Å². The van der Waals surface area contributed by atoms with Crippen LogP contribution in [0.4, 0.5) is 0 Å². The molecule has 0 fully saturated rings. The van der Waals surface area contributed by atoms with E-state index in [1.165, 1.54) is 10.5 Å². The van der Waals surface area contributed by atoms with Crippen LogP contribution in [0.5, 0.6) is 0 Å². The zero-order chi connectivity index (χ0) is 9.84. The number of rotatable bonds is 2. The highest BCUT2D eigenvalue weighted by molar-refractivity contribution is 14.1. The van der Waals surface area contributed by atoms with Crippen molar-refractivity contribution in [3.63, 3.8) is 0 Å². The highest BCUT2D eigenvalue weighted by Gasteiger charge is 2.07. The Bertz CT molecular complexity index is 292. The Morgan fingerprint density at radius 1 is 1.38 bits per heavy atom. The standard InChI is InChI=1S/C10H11IO2/c1-7(13-8(2)12)9-3-5-10(11)6-4-9/h3-7H,1-2H3/t7-/m1/s1. The Hall–Kier alpha value is -0.580. The summed E-state index contributed by atoms with van der Waals surface area (Å²) < 4.78 is 6.21. The molecule has 1 rings (SSSR count).